The normalized spacial score (nSPS) is 11.5. The average molecular weight is 245 g/mol. The summed E-state index contributed by atoms with van der Waals surface area (Å²) in [6.45, 7) is 4.25. The summed E-state index contributed by atoms with van der Waals surface area (Å²) in [6.07, 6.45) is 3.96. The summed E-state index contributed by atoms with van der Waals surface area (Å²) in [7, 11) is 0. The van der Waals surface area contributed by atoms with Gasteiger partial charge in [0.2, 0.25) is 5.16 Å². The Morgan fingerprint density at radius 2 is 1.94 bits per heavy atom. The minimum atomic E-state index is 0.497. The van der Waals surface area contributed by atoms with Gasteiger partial charge in [-0.1, -0.05) is 62.0 Å². The van der Waals surface area contributed by atoms with Crippen LogP contribution in [0.15, 0.2) is 35.5 Å². The van der Waals surface area contributed by atoms with Gasteiger partial charge in [0.05, 0.1) is 0 Å². The number of aromatic nitrogens is 3. The molecule has 4 heteroatoms. The van der Waals surface area contributed by atoms with Crippen LogP contribution in [0.5, 0.6) is 0 Å². The van der Waals surface area contributed by atoms with Gasteiger partial charge in [0, 0.05) is 5.25 Å². The lowest BCUT2D eigenvalue weighted by Gasteiger charge is -1.96. The minimum absolute atomic E-state index is 0.497. The van der Waals surface area contributed by atoms with Crippen molar-refractivity contribution in [3.63, 3.8) is 0 Å². The third-order valence-corrected chi connectivity index (χ3v) is 2.92. The molecule has 1 aromatic carbocycles. The van der Waals surface area contributed by atoms with Crippen molar-refractivity contribution in [3.05, 3.63) is 41.7 Å². The smallest absolute Gasteiger partial charge is 0.208 e. The van der Waals surface area contributed by atoms with Crippen LogP contribution < -0.4 is 0 Å². The van der Waals surface area contributed by atoms with Gasteiger partial charge >= 0.3 is 0 Å². The maximum absolute atomic E-state index is 4.37. The van der Waals surface area contributed by atoms with E-state index >= 15 is 0 Å². The zero-order valence-corrected chi connectivity index (χ0v) is 10.7. The molecule has 0 saturated heterocycles. The molecule has 0 bridgehead atoms. The molecule has 0 radical (unpaired) electrons. The molecule has 0 amide bonds. The second-order valence-electron chi connectivity index (χ2n) is 3.91. The first kappa shape index (κ1) is 11.9. The lowest BCUT2D eigenvalue weighted by Crippen LogP contribution is -1.86. The summed E-state index contributed by atoms with van der Waals surface area (Å²) in [6, 6.07) is 10.1. The fourth-order valence-corrected chi connectivity index (χ4v) is 2.01. The molecule has 17 heavy (non-hydrogen) atoms. The van der Waals surface area contributed by atoms with Crippen LogP contribution >= 0.6 is 11.8 Å². The summed E-state index contributed by atoms with van der Waals surface area (Å²) in [5, 5.41) is 8.35. The van der Waals surface area contributed by atoms with E-state index in [1.54, 1.807) is 11.8 Å². The molecule has 2 rings (SSSR count). The number of benzene rings is 1. The van der Waals surface area contributed by atoms with E-state index in [-0.39, 0.29) is 0 Å². The highest BCUT2D eigenvalue weighted by Crippen LogP contribution is 2.18. The van der Waals surface area contributed by atoms with Crippen molar-refractivity contribution in [3.8, 4) is 0 Å². The predicted molar refractivity (Wildman–Crippen MR) is 72.7 cm³/mol. The summed E-state index contributed by atoms with van der Waals surface area (Å²) < 4.78 is 0. The Balaban J connectivity index is 2.04. The second kappa shape index (κ2) is 5.68. The number of nitrogens with one attached hydrogen (secondary N) is 1. The van der Waals surface area contributed by atoms with Crippen LogP contribution in [0.4, 0.5) is 0 Å². The van der Waals surface area contributed by atoms with Gasteiger partial charge in [-0.3, -0.25) is 5.10 Å². The van der Waals surface area contributed by atoms with Gasteiger partial charge in [-0.15, -0.1) is 5.10 Å². The van der Waals surface area contributed by atoms with Crippen LogP contribution in [0, 0.1) is 0 Å². The molecule has 0 aliphatic rings. The Morgan fingerprint density at radius 1 is 1.18 bits per heavy atom. The summed E-state index contributed by atoms with van der Waals surface area (Å²) >= 11 is 1.65. The Bertz CT molecular complexity index is 488. The van der Waals surface area contributed by atoms with Crippen LogP contribution in [0.3, 0.4) is 0 Å². The Hall–Kier alpha value is -1.55. The van der Waals surface area contributed by atoms with E-state index in [4.69, 9.17) is 0 Å². The maximum Gasteiger partial charge on any atom is 0.208 e. The molecule has 0 aliphatic heterocycles. The van der Waals surface area contributed by atoms with Crippen molar-refractivity contribution < 1.29 is 0 Å². The number of hydrogen-bond donors (Lipinski definition) is 1. The Kier molecular flexibility index (Phi) is 3.98. The van der Waals surface area contributed by atoms with Gasteiger partial charge in [-0.2, -0.15) is 0 Å². The van der Waals surface area contributed by atoms with E-state index in [1.807, 2.05) is 30.4 Å². The fraction of sp³-hybridized carbons (Fsp3) is 0.231. The third kappa shape index (κ3) is 3.75. The molecule has 1 heterocycles. The van der Waals surface area contributed by atoms with Crippen LogP contribution in [-0.2, 0) is 0 Å². The van der Waals surface area contributed by atoms with E-state index < -0.39 is 0 Å². The lowest BCUT2D eigenvalue weighted by molar-refractivity contribution is 0.961. The van der Waals surface area contributed by atoms with Crippen LogP contribution in [0.2, 0.25) is 0 Å². The molecule has 3 nitrogen and oxygen atoms in total. The van der Waals surface area contributed by atoms with Crippen molar-refractivity contribution in [2.24, 2.45) is 0 Å². The first-order chi connectivity index (χ1) is 8.24. The summed E-state index contributed by atoms with van der Waals surface area (Å²) in [5.74, 6) is 0.789. The molecule has 1 aromatic heterocycles. The van der Waals surface area contributed by atoms with Crippen molar-refractivity contribution in [2.75, 3.05) is 0 Å². The van der Waals surface area contributed by atoms with E-state index in [0.717, 1.165) is 16.5 Å². The van der Waals surface area contributed by atoms with Crippen LogP contribution in [0.25, 0.3) is 12.2 Å². The standard InChI is InChI=1S/C13H15N3S/c1-10(2)17-13-14-12(15-16-13)9-8-11-6-4-3-5-7-11/h3-10H,1-2H3,(H,14,15,16)/b9-8+. The molecule has 88 valence electrons. The largest absolute Gasteiger partial charge is 0.259 e. The molecule has 0 spiro atoms. The van der Waals surface area contributed by atoms with E-state index in [9.17, 15) is 0 Å². The van der Waals surface area contributed by atoms with Gasteiger partial charge in [0.1, 0.15) is 5.82 Å². The first-order valence-electron chi connectivity index (χ1n) is 5.56. The molecule has 0 aliphatic carbocycles. The van der Waals surface area contributed by atoms with Gasteiger partial charge in [0.15, 0.2) is 0 Å². The highest BCUT2D eigenvalue weighted by molar-refractivity contribution is 7.99. The molecule has 0 unspecified atom stereocenters. The van der Waals surface area contributed by atoms with Gasteiger partial charge in [-0.25, -0.2) is 4.98 Å². The zero-order valence-electron chi connectivity index (χ0n) is 9.92. The molecule has 0 saturated carbocycles. The monoisotopic (exact) mass is 245 g/mol. The average Bonchev–Trinajstić information content (AvgIpc) is 2.75. The van der Waals surface area contributed by atoms with Crippen molar-refractivity contribution in [1.82, 2.24) is 15.2 Å². The quantitative estimate of drug-likeness (QED) is 0.838. The second-order valence-corrected chi connectivity index (χ2v) is 5.46. The molecule has 0 atom stereocenters. The molecular formula is C13H15N3S. The Labute approximate surface area is 105 Å². The molecule has 2 aromatic rings. The predicted octanol–water partition coefficient (Wildman–Crippen LogP) is 3.48. The zero-order chi connectivity index (χ0) is 12.1. The van der Waals surface area contributed by atoms with Crippen molar-refractivity contribution in [2.45, 2.75) is 24.3 Å². The van der Waals surface area contributed by atoms with E-state index in [2.05, 4.69) is 41.2 Å². The summed E-state index contributed by atoms with van der Waals surface area (Å²) in [4.78, 5) is 4.37. The number of aromatic amines is 1. The van der Waals surface area contributed by atoms with Crippen LogP contribution in [-0.4, -0.2) is 20.4 Å². The third-order valence-electron chi connectivity index (χ3n) is 2.06. The fourth-order valence-electron chi connectivity index (χ4n) is 1.34. The molecule has 0 fully saturated rings. The number of rotatable bonds is 4. The van der Waals surface area contributed by atoms with Crippen LogP contribution in [0.1, 0.15) is 25.2 Å². The van der Waals surface area contributed by atoms with Gasteiger partial charge in [0.25, 0.3) is 0 Å². The summed E-state index contributed by atoms with van der Waals surface area (Å²) in [5.41, 5.74) is 1.15. The number of hydrogen-bond acceptors (Lipinski definition) is 3. The maximum atomic E-state index is 4.37. The number of nitrogens with zero attached hydrogens (tertiary/aromatic N) is 2. The van der Waals surface area contributed by atoms with Gasteiger partial charge in [-0.05, 0) is 11.6 Å². The Morgan fingerprint density at radius 3 is 2.65 bits per heavy atom. The van der Waals surface area contributed by atoms with E-state index in [0.29, 0.717) is 5.25 Å². The molecule has 1 N–H and O–H groups in total. The highest BCUT2D eigenvalue weighted by atomic mass is 32.2. The molecular weight excluding hydrogens is 230 g/mol. The topological polar surface area (TPSA) is 41.6 Å². The van der Waals surface area contributed by atoms with Crippen molar-refractivity contribution in [1.29, 1.82) is 0 Å². The minimum Gasteiger partial charge on any atom is -0.259 e. The first-order valence-corrected chi connectivity index (χ1v) is 6.44. The van der Waals surface area contributed by atoms with E-state index in [1.165, 1.54) is 0 Å². The highest BCUT2D eigenvalue weighted by Gasteiger charge is 2.03. The van der Waals surface area contributed by atoms with Crippen molar-refractivity contribution >= 4 is 23.9 Å². The SMILES string of the molecule is CC(C)Sc1n[nH]c(/C=C/c2ccccc2)n1. The number of H-pyrrole nitrogens is 1. The number of thioether (sulfide) groups is 1. The lowest BCUT2D eigenvalue weighted by atomic mass is 10.2. The van der Waals surface area contributed by atoms with Gasteiger partial charge < -0.3 is 0 Å².